The van der Waals surface area contributed by atoms with Crippen LogP contribution in [0.1, 0.15) is 20.3 Å². The Morgan fingerprint density at radius 1 is 1.88 bits per heavy atom. The molecule has 1 unspecified atom stereocenters. The molecule has 0 radical (unpaired) electrons. The van der Waals surface area contributed by atoms with Crippen molar-refractivity contribution in [3.05, 3.63) is 0 Å². The lowest BCUT2D eigenvalue weighted by atomic mass is 10.1. The van der Waals surface area contributed by atoms with Gasteiger partial charge in [0, 0.05) is 12.1 Å². The second-order valence-electron chi connectivity index (χ2n) is 2.70. The molecular formula is C6H11NO. The smallest absolute Gasteiger partial charge is 0.0940 e. The lowest BCUT2D eigenvalue weighted by molar-refractivity contribution is 0.330. The highest BCUT2D eigenvalue weighted by molar-refractivity contribution is 5.79. The first-order chi connectivity index (χ1) is 3.62. The molecule has 0 aromatic carbocycles. The Labute approximate surface area is 49.4 Å². The van der Waals surface area contributed by atoms with Crippen molar-refractivity contribution < 1.29 is 4.74 Å². The zero-order chi connectivity index (χ0) is 6.20. The minimum Gasteiger partial charge on any atom is -0.369 e. The number of nitrogens with one attached hydrogen (secondary N) is 1. The van der Waals surface area contributed by atoms with E-state index in [1.807, 2.05) is 13.8 Å². The van der Waals surface area contributed by atoms with E-state index in [4.69, 9.17) is 10.1 Å². The average Bonchev–Trinajstić information content (AvgIpc) is 2.17. The number of hydrogen-bond donors (Lipinski definition) is 1. The molecule has 2 heteroatoms. The lowest BCUT2D eigenvalue weighted by Gasteiger charge is -1.99. The van der Waals surface area contributed by atoms with Gasteiger partial charge in [0.05, 0.1) is 12.2 Å². The van der Waals surface area contributed by atoms with Crippen molar-refractivity contribution in [2.75, 3.05) is 6.61 Å². The molecule has 2 nitrogen and oxygen atoms in total. The Morgan fingerprint density at radius 3 is 2.50 bits per heavy atom. The largest absolute Gasteiger partial charge is 0.369 e. The quantitative estimate of drug-likeness (QED) is 0.424. The van der Waals surface area contributed by atoms with Crippen molar-refractivity contribution in [1.29, 1.82) is 5.41 Å². The van der Waals surface area contributed by atoms with E-state index in [0.717, 1.165) is 13.0 Å². The van der Waals surface area contributed by atoms with Gasteiger partial charge in [-0.1, -0.05) is 0 Å². The first kappa shape index (κ1) is 5.76. The van der Waals surface area contributed by atoms with Crippen LogP contribution in [0.4, 0.5) is 0 Å². The fraction of sp³-hybridized carbons (Fsp3) is 0.833. The van der Waals surface area contributed by atoms with Gasteiger partial charge in [-0.3, -0.25) is 0 Å². The molecule has 0 aliphatic carbocycles. The topological polar surface area (TPSA) is 36.4 Å². The Hall–Kier alpha value is -0.370. The Morgan fingerprint density at radius 2 is 2.38 bits per heavy atom. The van der Waals surface area contributed by atoms with E-state index in [1.54, 1.807) is 0 Å². The Kier molecular flexibility index (Phi) is 1.12. The molecule has 1 aliphatic rings. The second kappa shape index (κ2) is 1.55. The molecule has 0 aromatic rings. The van der Waals surface area contributed by atoms with Gasteiger partial charge in [-0.25, -0.2) is 0 Å². The minimum atomic E-state index is 0.0475. The molecule has 0 aromatic heterocycles. The Balaban J connectivity index is 2.29. The highest BCUT2D eigenvalue weighted by Crippen LogP contribution is 2.29. The number of ether oxygens (including phenoxy) is 1. The van der Waals surface area contributed by atoms with Gasteiger partial charge in [-0.05, 0) is 13.8 Å². The third-order valence-electron chi connectivity index (χ3n) is 1.28. The summed E-state index contributed by atoms with van der Waals surface area (Å²) in [6.45, 7) is 4.68. The van der Waals surface area contributed by atoms with Crippen molar-refractivity contribution >= 4 is 5.71 Å². The molecule has 0 bridgehead atoms. The molecule has 8 heavy (non-hydrogen) atoms. The van der Waals surface area contributed by atoms with E-state index in [9.17, 15) is 0 Å². The van der Waals surface area contributed by atoms with Crippen LogP contribution in [0.25, 0.3) is 0 Å². The molecule has 1 N–H and O–H groups in total. The summed E-state index contributed by atoms with van der Waals surface area (Å²) >= 11 is 0. The third kappa shape index (κ3) is 1.30. The van der Waals surface area contributed by atoms with Crippen LogP contribution < -0.4 is 0 Å². The molecule has 1 heterocycles. The fourth-order valence-corrected chi connectivity index (χ4v) is 0.786. The molecule has 1 aliphatic heterocycles. The standard InChI is InChI=1S/C6H11NO/c1-5(7)3-6(2)4-8-6/h7H,3-4H2,1-2H3. The SMILES string of the molecule is CC(=N)CC1(C)CO1. The van der Waals surface area contributed by atoms with Gasteiger partial charge in [0.15, 0.2) is 0 Å². The van der Waals surface area contributed by atoms with E-state index in [0.29, 0.717) is 5.71 Å². The van der Waals surface area contributed by atoms with Crippen LogP contribution in [0, 0.1) is 5.41 Å². The van der Waals surface area contributed by atoms with Crippen molar-refractivity contribution in [2.45, 2.75) is 25.9 Å². The number of rotatable bonds is 2. The molecule has 0 saturated carbocycles. The average molecular weight is 113 g/mol. The van der Waals surface area contributed by atoms with Crippen LogP contribution in [0.15, 0.2) is 0 Å². The van der Waals surface area contributed by atoms with E-state index >= 15 is 0 Å². The van der Waals surface area contributed by atoms with Crippen LogP contribution in [-0.4, -0.2) is 17.9 Å². The molecule has 0 spiro atoms. The summed E-state index contributed by atoms with van der Waals surface area (Å²) < 4.78 is 5.07. The molecule has 1 rings (SSSR count). The summed E-state index contributed by atoms with van der Waals surface area (Å²) in [6, 6.07) is 0. The zero-order valence-electron chi connectivity index (χ0n) is 5.32. The highest BCUT2D eigenvalue weighted by atomic mass is 16.6. The minimum absolute atomic E-state index is 0.0475. The van der Waals surface area contributed by atoms with Crippen molar-refractivity contribution in [1.82, 2.24) is 0 Å². The van der Waals surface area contributed by atoms with E-state index in [1.165, 1.54) is 0 Å². The maximum absolute atomic E-state index is 7.11. The van der Waals surface area contributed by atoms with Gasteiger partial charge in [0.25, 0.3) is 0 Å². The van der Waals surface area contributed by atoms with Crippen LogP contribution in [0.2, 0.25) is 0 Å². The van der Waals surface area contributed by atoms with Gasteiger partial charge >= 0.3 is 0 Å². The number of hydrogen-bond acceptors (Lipinski definition) is 2. The van der Waals surface area contributed by atoms with Crippen LogP contribution in [0.3, 0.4) is 0 Å². The van der Waals surface area contributed by atoms with Gasteiger partial charge in [0.2, 0.25) is 0 Å². The highest BCUT2D eigenvalue weighted by Gasteiger charge is 2.39. The predicted molar refractivity (Wildman–Crippen MR) is 32.4 cm³/mol. The van der Waals surface area contributed by atoms with Gasteiger partial charge in [-0.15, -0.1) is 0 Å². The van der Waals surface area contributed by atoms with E-state index < -0.39 is 0 Å². The summed E-state index contributed by atoms with van der Waals surface area (Å²) in [4.78, 5) is 0. The van der Waals surface area contributed by atoms with Crippen molar-refractivity contribution in [2.24, 2.45) is 0 Å². The zero-order valence-corrected chi connectivity index (χ0v) is 5.32. The molecule has 0 amide bonds. The third-order valence-corrected chi connectivity index (χ3v) is 1.28. The predicted octanol–water partition coefficient (Wildman–Crippen LogP) is 1.21. The fourth-order valence-electron chi connectivity index (χ4n) is 0.786. The van der Waals surface area contributed by atoms with E-state index in [-0.39, 0.29) is 5.60 Å². The second-order valence-corrected chi connectivity index (χ2v) is 2.70. The molecule has 1 fully saturated rings. The van der Waals surface area contributed by atoms with Gasteiger partial charge < -0.3 is 10.1 Å². The van der Waals surface area contributed by atoms with Crippen molar-refractivity contribution in [3.63, 3.8) is 0 Å². The van der Waals surface area contributed by atoms with Crippen LogP contribution >= 0.6 is 0 Å². The molecule has 1 atom stereocenters. The first-order valence-corrected chi connectivity index (χ1v) is 2.80. The molecule has 46 valence electrons. The monoisotopic (exact) mass is 113 g/mol. The molecular weight excluding hydrogens is 102 g/mol. The van der Waals surface area contributed by atoms with Crippen LogP contribution in [-0.2, 0) is 4.74 Å². The first-order valence-electron chi connectivity index (χ1n) is 2.80. The van der Waals surface area contributed by atoms with E-state index in [2.05, 4.69) is 0 Å². The maximum Gasteiger partial charge on any atom is 0.0940 e. The summed E-state index contributed by atoms with van der Waals surface area (Å²) in [6.07, 6.45) is 0.799. The van der Waals surface area contributed by atoms with Gasteiger partial charge in [-0.2, -0.15) is 0 Å². The summed E-state index contributed by atoms with van der Waals surface area (Å²) in [5, 5.41) is 7.11. The molecule has 1 saturated heterocycles. The van der Waals surface area contributed by atoms with Crippen molar-refractivity contribution in [3.8, 4) is 0 Å². The summed E-state index contributed by atoms with van der Waals surface area (Å²) in [7, 11) is 0. The Bertz CT molecular complexity index is 116. The lowest BCUT2D eigenvalue weighted by Crippen LogP contribution is -2.08. The van der Waals surface area contributed by atoms with Gasteiger partial charge in [0.1, 0.15) is 0 Å². The van der Waals surface area contributed by atoms with Crippen LogP contribution in [0.5, 0.6) is 0 Å². The normalized spacial score (nSPS) is 34.8. The summed E-state index contributed by atoms with van der Waals surface area (Å²) in [5.74, 6) is 0. The maximum atomic E-state index is 7.11. The number of epoxide rings is 1. The summed E-state index contributed by atoms with van der Waals surface area (Å²) in [5.41, 5.74) is 0.760.